The fraction of sp³-hybridized carbons (Fsp3) is 0. The first-order chi connectivity index (χ1) is 9.92. The average Bonchev–Trinajstić information content (AvgIpc) is 3.09. The largest absolute Gasteiger partial charge is 0.264 e. The first-order valence-corrected chi connectivity index (χ1v) is 6.62. The Labute approximate surface area is 117 Å². The number of fused-ring (bicyclic) bond motifs is 1. The Kier molecular flexibility index (Phi) is 2.46. The van der Waals surface area contributed by atoms with Crippen LogP contribution in [-0.4, -0.2) is 34.8 Å². The van der Waals surface area contributed by atoms with Gasteiger partial charge < -0.3 is 0 Å². The summed E-state index contributed by atoms with van der Waals surface area (Å²) in [6, 6.07) is 3.84. The van der Waals surface area contributed by atoms with Gasteiger partial charge in [-0.25, -0.2) is 4.98 Å². The molecular formula is C12H7N7S. The lowest BCUT2D eigenvalue weighted by atomic mass is 10.3. The second-order valence-electron chi connectivity index (χ2n) is 3.96. The van der Waals surface area contributed by atoms with Crippen molar-refractivity contribution in [3.05, 3.63) is 43.1 Å². The van der Waals surface area contributed by atoms with Gasteiger partial charge in [0.2, 0.25) is 10.8 Å². The third kappa shape index (κ3) is 1.74. The Balaban J connectivity index is 1.88. The molecule has 20 heavy (non-hydrogen) atoms. The van der Waals surface area contributed by atoms with Crippen LogP contribution >= 0.6 is 11.3 Å². The number of hydrogen-bond acceptors (Lipinski definition) is 7. The van der Waals surface area contributed by atoms with Gasteiger partial charge in [0, 0.05) is 30.4 Å². The quantitative estimate of drug-likeness (QED) is 0.556. The SMILES string of the molecule is c1cncc(-c2nn3c(-c4cnccn4)nnc3s2)c1. The molecule has 4 aromatic heterocycles. The van der Waals surface area contributed by atoms with Crippen molar-refractivity contribution in [2.75, 3.05) is 0 Å². The molecule has 0 aliphatic heterocycles. The third-order valence-electron chi connectivity index (χ3n) is 2.69. The van der Waals surface area contributed by atoms with Gasteiger partial charge in [0.1, 0.15) is 10.7 Å². The number of pyridine rings is 1. The van der Waals surface area contributed by atoms with Crippen LogP contribution in [0.25, 0.3) is 27.1 Å². The maximum Gasteiger partial charge on any atom is 0.235 e. The maximum absolute atomic E-state index is 4.52. The lowest BCUT2D eigenvalue weighted by Gasteiger charge is -1.94. The van der Waals surface area contributed by atoms with E-state index in [9.17, 15) is 0 Å². The monoisotopic (exact) mass is 281 g/mol. The van der Waals surface area contributed by atoms with Crippen molar-refractivity contribution in [3.63, 3.8) is 0 Å². The van der Waals surface area contributed by atoms with Crippen molar-refractivity contribution in [1.82, 2.24) is 34.8 Å². The van der Waals surface area contributed by atoms with E-state index >= 15 is 0 Å². The van der Waals surface area contributed by atoms with E-state index < -0.39 is 0 Å². The van der Waals surface area contributed by atoms with E-state index in [1.807, 2.05) is 12.1 Å². The van der Waals surface area contributed by atoms with Crippen molar-refractivity contribution in [2.24, 2.45) is 0 Å². The Morgan fingerprint density at radius 2 is 1.95 bits per heavy atom. The molecule has 0 bridgehead atoms. The van der Waals surface area contributed by atoms with Crippen LogP contribution in [0.5, 0.6) is 0 Å². The van der Waals surface area contributed by atoms with Crippen LogP contribution in [0.2, 0.25) is 0 Å². The predicted octanol–water partition coefficient (Wildman–Crippen LogP) is 1.70. The third-order valence-corrected chi connectivity index (χ3v) is 3.64. The number of hydrogen-bond donors (Lipinski definition) is 0. The van der Waals surface area contributed by atoms with Crippen LogP contribution in [0.4, 0.5) is 0 Å². The molecule has 0 spiro atoms. The standard InChI is InChI=1S/C12H7N7S/c1-2-8(6-13-3-1)11-18-19-10(16-17-12(19)20-11)9-7-14-4-5-15-9/h1-7H. The van der Waals surface area contributed by atoms with Crippen molar-refractivity contribution < 1.29 is 0 Å². The molecule has 8 heteroatoms. The van der Waals surface area contributed by atoms with E-state index in [-0.39, 0.29) is 0 Å². The molecule has 0 saturated carbocycles. The summed E-state index contributed by atoms with van der Waals surface area (Å²) in [6.07, 6.45) is 8.37. The van der Waals surface area contributed by atoms with Gasteiger partial charge >= 0.3 is 0 Å². The van der Waals surface area contributed by atoms with Gasteiger partial charge in [-0.15, -0.1) is 10.2 Å². The molecule has 0 aromatic carbocycles. The highest BCUT2D eigenvalue weighted by Crippen LogP contribution is 2.26. The normalized spacial score (nSPS) is 11.0. The Hall–Kier alpha value is -2.74. The summed E-state index contributed by atoms with van der Waals surface area (Å²) in [7, 11) is 0. The zero-order valence-corrected chi connectivity index (χ0v) is 10.9. The average molecular weight is 281 g/mol. The van der Waals surface area contributed by atoms with E-state index in [1.165, 1.54) is 11.3 Å². The van der Waals surface area contributed by atoms with Gasteiger partial charge in [0.05, 0.1) is 6.20 Å². The highest BCUT2D eigenvalue weighted by Gasteiger charge is 2.15. The second kappa shape index (κ2) is 4.42. The number of rotatable bonds is 2. The molecule has 4 aromatic rings. The van der Waals surface area contributed by atoms with Crippen molar-refractivity contribution in [1.29, 1.82) is 0 Å². The van der Waals surface area contributed by atoms with E-state index in [2.05, 4.69) is 30.2 Å². The number of aromatic nitrogens is 7. The molecule has 7 nitrogen and oxygen atoms in total. The zero-order valence-electron chi connectivity index (χ0n) is 10.1. The summed E-state index contributed by atoms with van der Waals surface area (Å²) in [6.45, 7) is 0. The Bertz CT molecular complexity index is 853. The van der Waals surface area contributed by atoms with E-state index in [4.69, 9.17) is 0 Å². The van der Waals surface area contributed by atoms with Crippen LogP contribution in [0.15, 0.2) is 43.1 Å². The van der Waals surface area contributed by atoms with Crippen molar-refractivity contribution >= 4 is 16.3 Å². The highest BCUT2D eigenvalue weighted by atomic mass is 32.1. The number of nitrogens with zero attached hydrogens (tertiary/aromatic N) is 7. The molecule has 0 saturated heterocycles. The van der Waals surface area contributed by atoms with Crippen molar-refractivity contribution in [3.8, 4) is 22.1 Å². The molecule has 0 amide bonds. The molecule has 96 valence electrons. The van der Waals surface area contributed by atoms with Crippen LogP contribution < -0.4 is 0 Å². The summed E-state index contributed by atoms with van der Waals surface area (Å²) in [5.74, 6) is 0.583. The van der Waals surface area contributed by atoms with Gasteiger partial charge in [-0.3, -0.25) is 9.97 Å². The lowest BCUT2D eigenvalue weighted by Crippen LogP contribution is -1.93. The second-order valence-corrected chi connectivity index (χ2v) is 4.91. The molecule has 4 rings (SSSR count). The molecule has 0 unspecified atom stereocenters. The fourth-order valence-electron chi connectivity index (χ4n) is 1.80. The lowest BCUT2D eigenvalue weighted by molar-refractivity contribution is 0.957. The van der Waals surface area contributed by atoms with Crippen LogP contribution in [0, 0.1) is 0 Å². The molecule has 0 N–H and O–H groups in total. The first kappa shape index (κ1) is 11.1. The highest BCUT2D eigenvalue weighted by molar-refractivity contribution is 7.19. The minimum Gasteiger partial charge on any atom is -0.264 e. The summed E-state index contributed by atoms with van der Waals surface area (Å²) >= 11 is 1.46. The van der Waals surface area contributed by atoms with Crippen LogP contribution in [-0.2, 0) is 0 Å². The van der Waals surface area contributed by atoms with E-state index in [1.54, 1.807) is 35.5 Å². The van der Waals surface area contributed by atoms with Gasteiger partial charge in [-0.05, 0) is 12.1 Å². The Morgan fingerprint density at radius 3 is 2.75 bits per heavy atom. The Morgan fingerprint density at radius 1 is 1.00 bits per heavy atom. The summed E-state index contributed by atoms with van der Waals surface area (Å²) in [5.41, 5.74) is 1.59. The molecule has 4 heterocycles. The molecule has 0 radical (unpaired) electrons. The first-order valence-electron chi connectivity index (χ1n) is 5.81. The summed E-state index contributed by atoms with van der Waals surface area (Å²) in [4.78, 5) is 13.1. The fourth-order valence-corrected chi connectivity index (χ4v) is 2.63. The predicted molar refractivity (Wildman–Crippen MR) is 72.9 cm³/mol. The minimum absolute atomic E-state index is 0.583. The smallest absolute Gasteiger partial charge is 0.235 e. The summed E-state index contributed by atoms with van der Waals surface area (Å²) < 4.78 is 1.68. The van der Waals surface area contributed by atoms with Crippen LogP contribution in [0.1, 0.15) is 0 Å². The molecular weight excluding hydrogens is 274 g/mol. The summed E-state index contributed by atoms with van der Waals surface area (Å²) in [5, 5.41) is 13.6. The van der Waals surface area contributed by atoms with Crippen molar-refractivity contribution in [2.45, 2.75) is 0 Å². The van der Waals surface area contributed by atoms with Crippen LogP contribution in [0.3, 0.4) is 0 Å². The van der Waals surface area contributed by atoms with E-state index in [0.717, 1.165) is 10.6 Å². The van der Waals surface area contributed by atoms with Gasteiger partial charge in [0.15, 0.2) is 0 Å². The topological polar surface area (TPSA) is 81.8 Å². The zero-order chi connectivity index (χ0) is 13.4. The molecule has 0 atom stereocenters. The maximum atomic E-state index is 4.52. The minimum atomic E-state index is 0.583. The van der Waals surface area contributed by atoms with Gasteiger partial charge in [-0.2, -0.15) is 9.61 Å². The molecule has 0 aliphatic rings. The molecule has 0 fully saturated rings. The molecule has 0 aliphatic carbocycles. The van der Waals surface area contributed by atoms with E-state index in [0.29, 0.717) is 16.5 Å². The van der Waals surface area contributed by atoms with Gasteiger partial charge in [0.25, 0.3) is 0 Å². The van der Waals surface area contributed by atoms with Gasteiger partial charge in [-0.1, -0.05) is 11.3 Å².